The lowest BCUT2D eigenvalue weighted by atomic mass is 9.94. The van der Waals surface area contributed by atoms with Crippen LogP contribution in [0.25, 0.3) is 64.6 Å². The third kappa shape index (κ3) is 2.00. The maximum atomic E-state index is 13.7. The van der Waals surface area contributed by atoms with Gasteiger partial charge in [0.1, 0.15) is 11.5 Å². The molecular formula is C28H21NO4. The second-order valence-corrected chi connectivity index (χ2v) is 9.43. The molecule has 0 aliphatic carbocycles. The highest BCUT2D eigenvalue weighted by molar-refractivity contribution is 6.49. The molecule has 0 bridgehead atoms. The molecule has 0 saturated carbocycles. The van der Waals surface area contributed by atoms with Crippen molar-refractivity contribution < 1.29 is 10.2 Å². The molecule has 33 heavy (non-hydrogen) atoms. The molecule has 0 spiro atoms. The highest BCUT2D eigenvalue weighted by Gasteiger charge is 2.29. The van der Waals surface area contributed by atoms with Crippen LogP contribution in [0.1, 0.15) is 39.2 Å². The van der Waals surface area contributed by atoms with Crippen LogP contribution in [-0.2, 0) is 0 Å². The Kier molecular flexibility index (Phi) is 3.36. The zero-order chi connectivity index (χ0) is 22.8. The van der Waals surface area contributed by atoms with Gasteiger partial charge in [0.2, 0.25) is 0 Å². The van der Waals surface area contributed by atoms with Crippen molar-refractivity contribution >= 4 is 64.6 Å². The summed E-state index contributed by atoms with van der Waals surface area (Å²) in [5, 5.41) is 30.7. The third-order valence-corrected chi connectivity index (χ3v) is 7.66. The number of rotatable bonds is 4. The number of phenolic OH excluding ortho intramolecular Hbond substituents is 2. The maximum absolute atomic E-state index is 13.7. The van der Waals surface area contributed by atoms with Crippen molar-refractivity contribution in [3.05, 3.63) is 57.1 Å². The van der Waals surface area contributed by atoms with Crippen LogP contribution in [0.15, 0.2) is 46.0 Å². The van der Waals surface area contributed by atoms with Gasteiger partial charge in [0.15, 0.2) is 0 Å². The number of hydrogen-bond donors (Lipinski definition) is 2. The van der Waals surface area contributed by atoms with E-state index < -0.39 is 0 Å². The Balaban J connectivity index is 1.84. The van der Waals surface area contributed by atoms with Crippen LogP contribution in [0.4, 0.5) is 0 Å². The molecule has 1 heterocycles. The lowest BCUT2D eigenvalue weighted by Crippen LogP contribution is -2.28. The van der Waals surface area contributed by atoms with Crippen LogP contribution in [0, 0.1) is 0 Å². The minimum atomic E-state index is -0.318. The van der Waals surface area contributed by atoms with Gasteiger partial charge in [-0.3, -0.25) is 14.2 Å². The number of aromatic hydroxyl groups is 2. The molecule has 0 saturated heterocycles. The van der Waals surface area contributed by atoms with Crippen LogP contribution < -0.4 is 11.1 Å². The lowest BCUT2D eigenvalue weighted by molar-refractivity contribution is 0.469. The molecule has 1 aromatic heterocycles. The molecule has 162 valence electrons. The Hall–Kier alpha value is -3.86. The van der Waals surface area contributed by atoms with Gasteiger partial charge in [0, 0.05) is 38.4 Å². The van der Waals surface area contributed by atoms with Gasteiger partial charge in [-0.05, 0) is 47.0 Å². The van der Waals surface area contributed by atoms with E-state index in [0.29, 0.717) is 32.3 Å². The summed E-state index contributed by atoms with van der Waals surface area (Å²) in [5.41, 5.74) is -0.635. The normalized spacial score (nSPS) is 13.9. The van der Waals surface area contributed by atoms with E-state index in [1.54, 1.807) is 12.1 Å². The first-order chi connectivity index (χ1) is 15.9. The average Bonchev–Trinajstić information content (AvgIpc) is 3.29. The highest BCUT2D eigenvalue weighted by atomic mass is 16.3. The number of benzene rings is 5. The number of nitrogens with zero attached hydrogens (tertiary/aromatic N) is 1. The van der Waals surface area contributed by atoms with Gasteiger partial charge in [-0.15, -0.1) is 0 Å². The van der Waals surface area contributed by atoms with E-state index in [9.17, 15) is 19.8 Å². The van der Waals surface area contributed by atoms with Gasteiger partial charge < -0.3 is 10.2 Å². The van der Waals surface area contributed by atoms with Crippen LogP contribution in [-0.4, -0.2) is 14.8 Å². The molecule has 1 unspecified atom stereocenters. The molecule has 2 N–H and O–H groups in total. The van der Waals surface area contributed by atoms with Gasteiger partial charge in [-0.1, -0.05) is 44.0 Å². The van der Waals surface area contributed by atoms with E-state index in [-0.39, 0.29) is 28.7 Å². The Morgan fingerprint density at radius 2 is 1.21 bits per heavy atom. The molecular weight excluding hydrogens is 414 g/mol. The molecule has 7 aromatic rings. The van der Waals surface area contributed by atoms with Crippen molar-refractivity contribution in [2.75, 3.05) is 0 Å². The first kappa shape index (κ1) is 18.7. The summed E-state index contributed by atoms with van der Waals surface area (Å²) in [5.74, 6) is 0.181. The SMILES string of the molecule is CCCCC(C)n1c(=O)c2c3cc(O)c4ccc5ccc6c(O)cc(c2c1=O)c1c6c5c4c31. The van der Waals surface area contributed by atoms with E-state index in [0.717, 1.165) is 51.6 Å². The number of hydrogen-bond acceptors (Lipinski definition) is 4. The van der Waals surface area contributed by atoms with Crippen molar-refractivity contribution in [2.45, 2.75) is 39.2 Å². The third-order valence-electron chi connectivity index (χ3n) is 7.66. The van der Waals surface area contributed by atoms with E-state index >= 15 is 0 Å². The van der Waals surface area contributed by atoms with Gasteiger partial charge in [-0.2, -0.15) is 0 Å². The van der Waals surface area contributed by atoms with Crippen molar-refractivity contribution in [3.8, 4) is 11.5 Å². The molecule has 7 rings (SSSR count). The van der Waals surface area contributed by atoms with Gasteiger partial charge in [0.25, 0.3) is 11.1 Å². The Labute approximate surface area is 187 Å². The second kappa shape index (κ2) is 5.93. The van der Waals surface area contributed by atoms with Crippen LogP contribution >= 0.6 is 0 Å². The van der Waals surface area contributed by atoms with Crippen LogP contribution in [0.3, 0.4) is 0 Å². The zero-order valence-corrected chi connectivity index (χ0v) is 18.3. The summed E-state index contributed by atoms with van der Waals surface area (Å²) in [4.78, 5) is 27.4. The number of fused-ring (bicyclic) bond motifs is 3. The number of aromatic nitrogens is 1. The second-order valence-electron chi connectivity index (χ2n) is 9.43. The smallest absolute Gasteiger partial charge is 0.262 e. The predicted molar refractivity (Wildman–Crippen MR) is 134 cm³/mol. The average molecular weight is 435 g/mol. The predicted octanol–water partition coefficient (Wildman–Crippen LogP) is 6.04. The molecule has 0 amide bonds. The Bertz CT molecular complexity index is 1850. The summed E-state index contributed by atoms with van der Waals surface area (Å²) < 4.78 is 1.37. The fraction of sp³-hybridized carbons (Fsp3) is 0.214. The lowest BCUT2D eigenvalue weighted by Gasteiger charge is -2.10. The summed E-state index contributed by atoms with van der Waals surface area (Å²) >= 11 is 0. The summed E-state index contributed by atoms with van der Waals surface area (Å²) in [6, 6.07) is 10.8. The van der Waals surface area contributed by atoms with Crippen molar-refractivity contribution in [3.63, 3.8) is 0 Å². The van der Waals surface area contributed by atoms with E-state index in [1.165, 1.54) is 4.57 Å². The Morgan fingerprint density at radius 3 is 1.70 bits per heavy atom. The van der Waals surface area contributed by atoms with Gasteiger partial charge in [0.05, 0.1) is 10.8 Å². The first-order valence-electron chi connectivity index (χ1n) is 11.5. The quantitative estimate of drug-likeness (QED) is 0.330. The molecule has 0 radical (unpaired) electrons. The molecule has 0 aliphatic rings. The maximum Gasteiger partial charge on any atom is 0.262 e. The molecule has 5 nitrogen and oxygen atoms in total. The van der Waals surface area contributed by atoms with Gasteiger partial charge in [-0.25, -0.2) is 0 Å². The largest absolute Gasteiger partial charge is 0.507 e. The number of phenols is 2. The zero-order valence-electron chi connectivity index (χ0n) is 18.3. The minimum absolute atomic E-state index is 0.0905. The fourth-order valence-electron chi connectivity index (χ4n) is 6.20. The van der Waals surface area contributed by atoms with Crippen molar-refractivity contribution in [2.24, 2.45) is 0 Å². The van der Waals surface area contributed by atoms with Crippen molar-refractivity contribution in [1.29, 1.82) is 0 Å². The molecule has 0 fully saturated rings. The number of unbranched alkanes of at least 4 members (excludes halogenated alkanes) is 1. The topological polar surface area (TPSA) is 79.5 Å². The first-order valence-corrected chi connectivity index (χ1v) is 11.5. The molecule has 6 aromatic carbocycles. The van der Waals surface area contributed by atoms with E-state index in [2.05, 4.69) is 6.92 Å². The van der Waals surface area contributed by atoms with E-state index in [1.807, 2.05) is 31.2 Å². The minimum Gasteiger partial charge on any atom is -0.507 e. The van der Waals surface area contributed by atoms with E-state index in [4.69, 9.17) is 0 Å². The van der Waals surface area contributed by atoms with Crippen LogP contribution in [0.2, 0.25) is 0 Å². The molecule has 5 heteroatoms. The summed E-state index contributed by atoms with van der Waals surface area (Å²) in [6.45, 7) is 4.00. The standard InChI is InChI=1S/C28H21NO4/c1-3-4-5-12(2)29-27(32)25-16-10-18(30)14-8-6-13-7-9-15-19(31)11-17(26(25)28(29)33)24-22(15)20(13)21(14)23(16)24/h6-12,30-31H,3-5H2,1-2H3. The van der Waals surface area contributed by atoms with Gasteiger partial charge >= 0.3 is 0 Å². The molecule has 0 aliphatic heterocycles. The highest BCUT2D eigenvalue weighted by Crippen LogP contribution is 2.53. The monoisotopic (exact) mass is 435 g/mol. The fourth-order valence-corrected chi connectivity index (χ4v) is 6.20. The summed E-state index contributed by atoms with van der Waals surface area (Å²) in [7, 11) is 0. The molecule has 1 atom stereocenters. The Morgan fingerprint density at radius 1 is 0.727 bits per heavy atom. The summed E-state index contributed by atoms with van der Waals surface area (Å²) in [6.07, 6.45) is 2.65. The van der Waals surface area contributed by atoms with Crippen molar-refractivity contribution in [1.82, 2.24) is 4.57 Å². The van der Waals surface area contributed by atoms with Crippen LogP contribution in [0.5, 0.6) is 11.5 Å².